The van der Waals surface area contributed by atoms with E-state index in [0.717, 1.165) is 13.0 Å². The number of hydrogen-bond acceptors (Lipinski definition) is 3. The first kappa shape index (κ1) is 15.9. The highest BCUT2D eigenvalue weighted by molar-refractivity contribution is 4.50. The Labute approximate surface area is 100 Å². The number of unbranched alkanes of at least 4 members (excludes halogenated alkanes) is 4. The zero-order valence-corrected chi connectivity index (χ0v) is 11.1. The minimum atomic E-state index is -0.392. The second-order valence-corrected chi connectivity index (χ2v) is 4.48. The molecule has 3 nitrogen and oxygen atoms in total. The Kier molecular flexibility index (Phi) is 11.3. The summed E-state index contributed by atoms with van der Waals surface area (Å²) < 4.78 is 10.9. The van der Waals surface area contributed by atoms with Crippen molar-refractivity contribution in [2.75, 3.05) is 19.8 Å². The molecular formula is C13H28O3. The van der Waals surface area contributed by atoms with Crippen LogP contribution in [0.25, 0.3) is 0 Å². The van der Waals surface area contributed by atoms with Crippen molar-refractivity contribution < 1.29 is 14.6 Å². The average Bonchev–Trinajstić information content (AvgIpc) is 2.25. The van der Waals surface area contributed by atoms with E-state index < -0.39 is 6.10 Å². The Morgan fingerprint density at radius 2 is 1.69 bits per heavy atom. The molecule has 0 amide bonds. The third-order valence-corrected chi connectivity index (χ3v) is 2.37. The van der Waals surface area contributed by atoms with Crippen molar-refractivity contribution in [1.82, 2.24) is 0 Å². The molecule has 0 aliphatic heterocycles. The van der Waals surface area contributed by atoms with E-state index in [4.69, 9.17) is 14.6 Å². The summed E-state index contributed by atoms with van der Waals surface area (Å²) in [5, 5.41) is 9.03. The molecule has 0 radical (unpaired) electrons. The van der Waals surface area contributed by atoms with Gasteiger partial charge in [0.25, 0.3) is 0 Å². The highest BCUT2D eigenvalue weighted by Gasteiger charge is 2.04. The van der Waals surface area contributed by atoms with Crippen molar-refractivity contribution in [2.45, 2.75) is 65.1 Å². The van der Waals surface area contributed by atoms with Crippen molar-refractivity contribution in [1.29, 1.82) is 0 Å². The maximum atomic E-state index is 9.03. The molecule has 0 saturated heterocycles. The van der Waals surface area contributed by atoms with Gasteiger partial charge in [-0.15, -0.1) is 0 Å². The second-order valence-electron chi connectivity index (χ2n) is 4.48. The Morgan fingerprint density at radius 3 is 2.31 bits per heavy atom. The summed E-state index contributed by atoms with van der Waals surface area (Å²) in [7, 11) is 0. The van der Waals surface area contributed by atoms with Crippen LogP contribution in [0, 0.1) is 0 Å². The zero-order chi connectivity index (χ0) is 12.2. The molecule has 2 unspecified atom stereocenters. The van der Waals surface area contributed by atoms with Gasteiger partial charge in [-0.3, -0.25) is 0 Å². The van der Waals surface area contributed by atoms with Gasteiger partial charge < -0.3 is 14.6 Å². The van der Waals surface area contributed by atoms with Crippen molar-refractivity contribution in [3.8, 4) is 0 Å². The van der Waals surface area contributed by atoms with Crippen molar-refractivity contribution in [3.05, 3.63) is 0 Å². The van der Waals surface area contributed by atoms with Crippen LogP contribution in [-0.2, 0) is 9.47 Å². The van der Waals surface area contributed by atoms with E-state index >= 15 is 0 Å². The van der Waals surface area contributed by atoms with Gasteiger partial charge in [0, 0.05) is 6.61 Å². The minimum absolute atomic E-state index is 0.0743. The fourth-order valence-electron chi connectivity index (χ4n) is 1.41. The SMILES string of the molecule is CCCCCCCOCC(C)OCC(C)O. The van der Waals surface area contributed by atoms with Crippen LogP contribution in [-0.4, -0.2) is 37.1 Å². The number of hydrogen-bond donors (Lipinski definition) is 1. The lowest BCUT2D eigenvalue weighted by Crippen LogP contribution is -2.21. The molecule has 0 aromatic carbocycles. The molecule has 98 valence electrons. The summed E-state index contributed by atoms with van der Waals surface area (Å²) in [6.45, 7) is 7.76. The third kappa shape index (κ3) is 12.0. The van der Waals surface area contributed by atoms with Crippen LogP contribution in [0.2, 0.25) is 0 Å². The normalized spacial score (nSPS) is 15.0. The summed E-state index contributed by atoms with van der Waals surface area (Å²) in [4.78, 5) is 0. The number of aliphatic hydroxyl groups excluding tert-OH is 1. The molecule has 0 aliphatic rings. The van der Waals surface area contributed by atoms with E-state index in [1.54, 1.807) is 6.92 Å². The molecule has 1 N–H and O–H groups in total. The highest BCUT2D eigenvalue weighted by atomic mass is 16.5. The predicted octanol–water partition coefficient (Wildman–Crippen LogP) is 2.76. The number of aliphatic hydroxyl groups is 1. The van der Waals surface area contributed by atoms with E-state index in [1.807, 2.05) is 6.92 Å². The van der Waals surface area contributed by atoms with Gasteiger partial charge >= 0.3 is 0 Å². The quantitative estimate of drug-likeness (QED) is 0.557. The topological polar surface area (TPSA) is 38.7 Å². The lowest BCUT2D eigenvalue weighted by Gasteiger charge is -2.14. The van der Waals surface area contributed by atoms with Gasteiger partial charge in [-0.1, -0.05) is 32.6 Å². The molecule has 16 heavy (non-hydrogen) atoms. The van der Waals surface area contributed by atoms with Crippen LogP contribution < -0.4 is 0 Å². The zero-order valence-electron chi connectivity index (χ0n) is 11.1. The molecule has 0 saturated carbocycles. The second kappa shape index (κ2) is 11.4. The summed E-state index contributed by atoms with van der Waals surface area (Å²) in [6.07, 6.45) is 6.01. The molecular weight excluding hydrogens is 204 g/mol. The standard InChI is InChI=1S/C13H28O3/c1-4-5-6-7-8-9-15-11-13(3)16-10-12(2)14/h12-14H,4-11H2,1-3H3. The van der Waals surface area contributed by atoms with E-state index in [2.05, 4.69) is 6.92 Å². The van der Waals surface area contributed by atoms with Gasteiger partial charge in [-0.25, -0.2) is 0 Å². The fraction of sp³-hybridized carbons (Fsp3) is 1.00. The van der Waals surface area contributed by atoms with Gasteiger partial charge in [0.15, 0.2) is 0 Å². The number of rotatable bonds is 11. The van der Waals surface area contributed by atoms with Gasteiger partial charge in [0.2, 0.25) is 0 Å². The van der Waals surface area contributed by atoms with Crippen molar-refractivity contribution in [2.24, 2.45) is 0 Å². The molecule has 0 bridgehead atoms. The van der Waals surface area contributed by atoms with Crippen LogP contribution in [0.1, 0.15) is 52.9 Å². The Hall–Kier alpha value is -0.120. The van der Waals surface area contributed by atoms with E-state index in [1.165, 1.54) is 25.7 Å². The summed E-state index contributed by atoms with van der Waals surface area (Å²) in [5.41, 5.74) is 0. The van der Waals surface area contributed by atoms with E-state index in [0.29, 0.717) is 13.2 Å². The van der Waals surface area contributed by atoms with Gasteiger partial charge in [-0.2, -0.15) is 0 Å². The molecule has 3 heteroatoms. The third-order valence-electron chi connectivity index (χ3n) is 2.37. The highest BCUT2D eigenvalue weighted by Crippen LogP contribution is 2.03. The summed E-state index contributed by atoms with van der Waals surface area (Å²) in [6, 6.07) is 0. The molecule has 0 fully saturated rings. The first-order valence-electron chi connectivity index (χ1n) is 6.54. The summed E-state index contributed by atoms with van der Waals surface area (Å²) >= 11 is 0. The lowest BCUT2D eigenvalue weighted by atomic mass is 10.2. The first-order chi connectivity index (χ1) is 7.66. The molecule has 0 aromatic rings. The maximum absolute atomic E-state index is 9.03. The van der Waals surface area contributed by atoms with Gasteiger partial charge in [-0.05, 0) is 20.3 Å². The molecule has 0 heterocycles. The Balaban J connectivity index is 3.12. The lowest BCUT2D eigenvalue weighted by molar-refractivity contribution is -0.0369. The number of ether oxygens (including phenoxy) is 2. The molecule has 0 rings (SSSR count). The average molecular weight is 232 g/mol. The van der Waals surface area contributed by atoms with Crippen LogP contribution in [0.5, 0.6) is 0 Å². The first-order valence-corrected chi connectivity index (χ1v) is 6.54. The Bertz CT molecular complexity index is 137. The van der Waals surface area contributed by atoms with Crippen molar-refractivity contribution >= 4 is 0 Å². The fourth-order valence-corrected chi connectivity index (χ4v) is 1.41. The molecule has 0 spiro atoms. The minimum Gasteiger partial charge on any atom is -0.391 e. The van der Waals surface area contributed by atoms with E-state index in [9.17, 15) is 0 Å². The summed E-state index contributed by atoms with van der Waals surface area (Å²) in [5.74, 6) is 0. The maximum Gasteiger partial charge on any atom is 0.0781 e. The monoisotopic (exact) mass is 232 g/mol. The van der Waals surface area contributed by atoms with Gasteiger partial charge in [0.1, 0.15) is 0 Å². The largest absolute Gasteiger partial charge is 0.391 e. The smallest absolute Gasteiger partial charge is 0.0781 e. The van der Waals surface area contributed by atoms with Crippen LogP contribution in [0.15, 0.2) is 0 Å². The molecule has 2 atom stereocenters. The van der Waals surface area contributed by atoms with Crippen LogP contribution in [0.4, 0.5) is 0 Å². The van der Waals surface area contributed by atoms with Gasteiger partial charge in [0.05, 0.1) is 25.4 Å². The van der Waals surface area contributed by atoms with E-state index in [-0.39, 0.29) is 6.10 Å². The molecule has 0 aliphatic carbocycles. The molecule has 0 aromatic heterocycles. The predicted molar refractivity (Wildman–Crippen MR) is 66.7 cm³/mol. The van der Waals surface area contributed by atoms with Crippen molar-refractivity contribution in [3.63, 3.8) is 0 Å². The Morgan fingerprint density at radius 1 is 1.00 bits per heavy atom. The van der Waals surface area contributed by atoms with Crippen LogP contribution in [0.3, 0.4) is 0 Å². The van der Waals surface area contributed by atoms with Crippen LogP contribution >= 0.6 is 0 Å².